The van der Waals surface area contributed by atoms with Crippen molar-refractivity contribution in [2.24, 2.45) is 9.98 Å². The van der Waals surface area contributed by atoms with E-state index in [0.29, 0.717) is 24.7 Å². The molecule has 0 spiro atoms. The van der Waals surface area contributed by atoms with Crippen molar-refractivity contribution in [1.29, 1.82) is 0 Å². The summed E-state index contributed by atoms with van der Waals surface area (Å²) in [6.07, 6.45) is 3.35. The van der Waals surface area contributed by atoms with Gasteiger partial charge < -0.3 is 25.0 Å². The van der Waals surface area contributed by atoms with Crippen LogP contribution >= 0.6 is 0 Å². The van der Waals surface area contributed by atoms with E-state index >= 15 is 0 Å². The monoisotopic (exact) mass is 446 g/mol. The van der Waals surface area contributed by atoms with Crippen molar-refractivity contribution in [1.82, 2.24) is 20.0 Å². The van der Waals surface area contributed by atoms with Gasteiger partial charge in [-0.15, -0.1) is 0 Å². The number of phenolic OH excluding ortho intramolecular Hbond substituents is 1. The highest BCUT2D eigenvalue weighted by atomic mass is 16.5. The summed E-state index contributed by atoms with van der Waals surface area (Å²) in [6, 6.07) is 3.51. The molecule has 0 saturated carbocycles. The maximum Gasteiger partial charge on any atom is 0.163 e. The second kappa shape index (κ2) is 14.1. The van der Waals surface area contributed by atoms with Gasteiger partial charge in [0.15, 0.2) is 11.5 Å². The third-order valence-electron chi connectivity index (χ3n) is 5.53. The van der Waals surface area contributed by atoms with Gasteiger partial charge in [0.1, 0.15) is 5.84 Å². The standard InChI is InChI=1S/C22H36N6O2.C2H6/c1-23-19-16-21(30-14-6-9-26(2)3)20(29)15-18(19)22(28-12-7-24-8-13-28)25-17-27-10-4-5-11-27;1-2/h15-16,24,29H,1,4-14,17H2,2-3H3;1-2H3/b25-22+;. The van der Waals surface area contributed by atoms with Crippen LogP contribution in [0.1, 0.15) is 38.7 Å². The zero-order valence-electron chi connectivity index (χ0n) is 20.4. The normalized spacial score (nSPS) is 17.3. The Morgan fingerprint density at radius 2 is 1.84 bits per heavy atom. The molecule has 0 atom stereocenters. The lowest BCUT2D eigenvalue weighted by Crippen LogP contribution is -2.47. The lowest BCUT2D eigenvalue weighted by molar-refractivity contribution is 0.271. The van der Waals surface area contributed by atoms with Gasteiger partial charge >= 0.3 is 0 Å². The van der Waals surface area contributed by atoms with Gasteiger partial charge in [0.05, 0.1) is 19.0 Å². The van der Waals surface area contributed by atoms with E-state index in [1.807, 2.05) is 27.9 Å². The number of hydrogen-bond donors (Lipinski definition) is 2. The minimum Gasteiger partial charge on any atom is -0.504 e. The Balaban J connectivity index is 0.00000176. The molecule has 2 aliphatic heterocycles. The van der Waals surface area contributed by atoms with Gasteiger partial charge in [-0.1, -0.05) is 13.8 Å². The summed E-state index contributed by atoms with van der Waals surface area (Å²) in [5.41, 5.74) is 1.50. The number of nitrogens with zero attached hydrogens (tertiary/aromatic N) is 5. The predicted octanol–water partition coefficient (Wildman–Crippen LogP) is 2.79. The molecule has 32 heavy (non-hydrogen) atoms. The minimum absolute atomic E-state index is 0.117. The van der Waals surface area contributed by atoms with Crippen molar-refractivity contribution >= 4 is 18.2 Å². The molecule has 180 valence electrons. The molecule has 2 fully saturated rings. The minimum atomic E-state index is 0.117. The van der Waals surface area contributed by atoms with E-state index in [-0.39, 0.29) is 5.75 Å². The molecule has 0 radical (unpaired) electrons. The van der Waals surface area contributed by atoms with Crippen LogP contribution in [0.25, 0.3) is 0 Å². The van der Waals surface area contributed by atoms with Crippen LogP contribution < -0.4 is 10.1 Å². The molecule has 8 nitrogen and oxygen atoms in total. The predicted molar refractivity (Wildman–Crippen MR) is 134 cm³/mol. The second-order valence-corrected chi connectivity index (χ2v) is 8.19. The van der Waals surface area contributed by atoms with E-state index in [1.165, 1.54) is 12.8 Å². The van der Waals surface area contributed by atoms with E-state index in [2.05, 4.69) is 31.7 Å². The van der Waals surface area contributed by atoms with Crippen molar-refractivity contribution in [3.05, 3.63) is 17.7 Å². The van der Waals surface area contributed by atoms with Gasteiger partial charge in [-0.25, -0.2) is 0 Å². The van der Waals surface area contributed by atoms with Crippen molar-refractivity contribution in [2.45, 2.75) is 33.1 Å². The molecule has 2 N–H and O–H groups in total. The van der Waals surface area contributed by atoms with Gasteiger partial charge in [0.25, 0.3) is 0 Å². The first-order valence-electron chi connectivity index (χ1n) is 11.9. The van der Waals surface area contributed by atoms with Crippen LogP contribution in [-0.4, -0.2) is 106 Å². The number of ether oxygens (including phenoxy) is 1. The highest BCUT2D eigenvalue weighted by Gasteiger charge is 2.22. The van der Waals surface area contributed by atoms with E-state index in [1.54, 1.807) is 12.1 Å². The number of benzene rings is 1. The number of rotatable bonds is 9. The molecule has 1 aromatic rings. The number of nitrogens with one attached hydrogen (secondary N) is 1. The number of piperazine rings is 1. The molecule has 2 aliphatic rings. The van der Waals surface area contributed by atoms with Crippen LogP contribution in [0.3, 0.4) is 0 Å². The van der Waals surface area contributed by atoms with Crippen molar-refractivity contribution in [3.63, 3.8) is 0 Å². The quantitative estimate of drug-likeness (QED) is 0.345. The number of aliphatic imine (C=N–C) groups is 2. The highest BCUT2D eigenvalue weighted by molar-refractivity contribution is 6.04. The Kier molecular flexibility index (Phi) is 11.5. The number of amidine groups is 1. The van der Waals surface area contributed by atoms with Crippen LogP contribution in [0.5, 0.6) is 11.5 Å². The molecule has 0 amide bonds. The molecule has 3 rings (SSSR count). The molecule has 2 heterocycles. The summed E-state index contributed by atoms with van der Waals surface area (Å²) in [6.45, 7) is 15.7. The van der Waals surface area contributed by atoms with E-state index in [0.717, 1.165) is 63.6 Å². The summed E-state index contributed by atoms with van der Waals surface area (Å²) < 4.78 is 5.82. The summed E-state index contributed by atoms with van der Waals surface area (Å²) in [5.74, 6) is 1.44. The van der Waals surface area contributed by atoms with Gasteiger partial charge in [-0.3, -0.25) is 14.9 Å². The van der Waals surface area contributed by atoms with Crippen LogP contribution in [0.4, 0.5) is 5.69 Å². The van der Waals surface area contributed by atoms with Gasteiger partial charge in [-0.2, -0.15) is 0 Å². The summed E-state index contributed by atoms with van der Waals surface area (Å²) in [5, 5.41) is 14.0. The molecule has 2 saturated heterocycles. The Bertz CT molecular complexity index is 725. The van der Waals surface area contributed by atoms with E-state index in [9.17, 15) is 5.11 Å². The van der Waals surface area contributed by atoms with E-state index in [4.69, 9.17) is 9.73 Å². The molecule has 0 bridgehead atoms. The van der Waals surface area contributed by atoms with Crippen LogP contribution in [0, 0.1) is 0 Å². The average molecular weight is 447 g/mol. The Hall–Kier alpha value is -2.16. The summed E-state index contributed by atoms with van der Waals surface area (Å²) in [4.78, 5) is 16.0. The molecule has 0 aromatic heterocycles. The maximum absolute atomic E-state index is 10.7. The fraction of sp³-hybridized carbons (Fsp3) is 0.667. The fourth-order valence-corrected chi connectivity index (χ4v) is 3.87. The largest absolute Gasteiger partial charge is 0.504 e. The van der Waals surface area contributed by atoms with Gasteiger partial charge in [0.2, 0.25) is 0 Å². The zero-order chi connectivity index (χ0) is 23.3. The molecule has 8 heteroatoms. The summed E-state index contributed by atoms with van der Waals surface area (Å²) in [7, 11) is 4.07. The third kappa shape index (κ3) is 7.76. The topological polar surface area (TPSA) is 75.9 Å². The average Bonchev–Trinajstić information content (AvgIpc) is 3.33. The first-order valence-corrected chi connectivity index (χ1v) is 11.9. The lowest BCUT2D eigenvalue weighted by Gasteiger charge is -2.31. The van der Waals surface area contributed by atoms with Gasteiger partial charge in [0, 0.05) is 44.4 Å². The Morgan fingerprint density at radius 1 is 1.16 bits per heavy atom. The van der Waals surface area contributed by atoms with E-state index < -0.39 is 0 Å². The van der Waals surface area contributed by atoms with Crippen molar-refractivity contribution in [3.8, 4) is 11.5 Å². The Morgan fingerprint density at radius 3 is 2.47 bits per heavy atom. The third-order valence-corrected chi connectivity index (χ3v) is 5.53. The molecular weight excluding hydrogens is 404 g/mol. The van der Waals surface area contributed by atoms with Crippen molar-refractivity contribution < 1.29 is 9.84 Å². The first-order chi connectivity index (χ1) is 15.6. The second-order valence-electron chi connectivity index (χ2n) is 8.19. The smallest absolute Gasteiger partial charge is 0.163 e. The lowest BCUT2D eigenvalue weighted by atomic mass is 10.1. The number of aromatic hydroxyl groups is 1. The highest BCUT2D eigenvalue weighted by Crippen LogP contribution is 2.35. The SMILES string of the molecule is C=Nc1cc(OCCCN(C)C)c(O)cc1/C(=N\CN1CCCC1)N1CCNCC1.CC. The number of hydrogen-bond acceptors (Lipinski definition) is 7. The van der Waals surface area contributed by atoms with Crippen LogP contribution in [-0.2, 0) is 0 Å². The first kappa shape index (κ1) is 26.1. The molecule has 1 aromatic carbocycles. The number of phenols is 1. The molecular formula is C24H42N6O2. The Labute approximate surface area is 194 Å². The molecule has 0 unspecified atom stereocenters. The van der Waals surface area contributed by atoms with Crippen molar-refractivity contribution in [2.75, 3.05) is 73.2 Å². The summed E-state index contributed by atoms with van der Waals surface area (Å²) >= 11 is 0. The maximum atomic E-state index is 10.7. The van der Waals surface area contributed by atoms with Crippen LogP contribution in [0.2, 0.25) is 0 Å². The fourth-order valence-electron chi connectivity index (χ4n) is 3.87. The molecule has 0 aliphatic carbocycles. The van der Waals surface area contributed by atoms with Gasteiger partial charge in [-0.05, 0) is 59.2 Å². The number of likely N-dealkylation sites (tertiary alicyclic amines) is 1. The zero-order valence-corrected chi connectivity index (χ0v) is 20.4. The van der Waals surface area contributed by atoms with Crippen LogP contribution in [0.15, 0.2) is 22.1 Å².